The predicted molar refractivity (Wildman–Crippen MR) is 189 cm³/mol. The molecule has 7 rings (SSSR count). The first-order valence-corrected chi connectivity index (χ1v) is 20.2. The van der Waals surface area contributed by atoms with Crippen molar-refractivity contribution in [1.29, 1.82) is 0 Å². The van der Waals surface area contributed by atoms with Crippen LogP contribution in [-0.4, -0.2) is 81.7 Å². The second-order valence-corrected chi connectivity index (χ2v) is 17.9. The molecule has 0 radical (unpaired) electrons. The smallest absolute Gasteiger partial charge is 0.334 e. The van der Waals surface area contributed by atoms with Crippen LogP contribution in [-0.2, 0) is 33.2 Å². The van der Waals surface area contributed by atoms with E-state index < -0.39 is 5.97 Å². The molecular weight excluding hydrogens is 620 g/mol. The highest BCUT2D eigenvalue weighted by Crippen LogP contribution is 2.68. The minimum atomic E-state index is -0.873. The van der Waals surface area contributed by atoms with Crippen LogP contribution in [0.5, 0.6) is 0 Å². The standard InChI is InChI=1S/C41H68O8/c1-5-36(26-44-27-36)14-8-11-17-47-34(32(4)35(42)43)39-20-33-21-40(23-39,48-18-12-9-15-37(6-2)28-45-29-37)25-41(22-33,24-39)49-19-13-10-16-38(7-3)30-46-31-38/h33H,5-31H2,1-4H3,(H,42,43). The highest BCUT2D eigenvalue weighted by atomic mass is 16.5. The van der Waals surface area contributed by atoms with Gasteiger partial charge >= 0.3 is 5.97 Å². The maximum atomic E-state index is 12.6. The lowest BCUT2D eigenvalue weighted by molar-refractivity contribution is -0.261. The highest BCUT2D eigenvalue weighted by Gasteiger charge is 2.66. The average Bonchev–Trinajstić information content (AvgIpc) is 3.01. The quantitative estimate of drug-likeness (QED) is 0.0648. The van der Waals surface area contributed by atoms with Crippen molar-refractivity contribution in [3.05, 3.63) is 11.3 Å². The fourth-order valence-corrected chi connectivity index (χ4v) is 10.9. The van der Waals surface area contributed by atoms with Gasteiger partial charge < -0.3 is 33.5 Å². The molecule has 4 saturated carbocycles. The van der Waals surface area contributed by atoms with Crippen LogP contribution in [0, 0.1) is 27.6 Å². The molecule has 2 atom stereocenters. The van der Waals surface area contributed by atoms with E-state index in [4.69, 9.17) is 28.4 Å². The van der Waals surface area contributed by atoms with E-state index in [1.54, 1.807) is 6.92 Å². The Hall–Kier alpha value is -1.19. The van der Waals surface area contributed by atoms with Crippen molar-refractivity contribution < 1.29 is 38.3 Å². The first-order valence-electron chi connectivity index (χ1n) is 20.2. The molecule has 3 aliphatic heterocycles. The third kappa shape index (κ3) is 8.09. The van der Waals surface area contributed by atoms with Crippen molar-refractivity contribution in [3.63, 3.8) is 0 Å². The van der Waals surface area contributed by atoms with Crippen molar-refractivity contribution >= 4 is 5.97 Å². The fraction of sp³-hybridized carbons (Fsp3) is 0.927. The number of hydrogen-bond donors (Lipinski definition) is 1. The summed E-state index contributed by atoms with van der Waals surface area (Å²) in [6, 6.07) is 0. The van der Waals surface area contributed by atoms with E-state index in [1.807, 2.05) is 0 Å². The molecule has 4 bridgehead atoms. The minimum Gasteiger partial charge on any atom is -0.497 e. The summed E-state index contributed by atoms with van der Waals surface area (Å²) in [4.78, 5) is 12.6. The van der Waals surface area contributed by atoms with Gasteiger partial charge in [-0.15, -0.1) is 0 Å². The topological polar surface area (TPSA) is 92.7 Å². The number of carbonyl (C=O) groups is 1. The van der Waals surface area contributed by atoms with Crippen molar-refractivity contribution in [1.82, 2.24) is 0 Å². The van der Waals surface area contributed by atoms with Crippen molar-refractivity contribution in [3.8, 4) is 0 Å². The predicted octanol–water partition coefficient (Wildman–Crippen LogP) is 8.65. The molecule has 0 amide bonds. The molecule has 0 aromatic carbocycles. The summed E-state index contributed by atoms with van der Waals surface area (Å²) in [6.45, 7) is 16.0. The molecule has 4 aliphatic carbocycles. The number of allylic oxidation sites excluding steroid dienone is 1. The molecule has 280 valence electrons. The third-order valence-electron chi connectivity index (χ3n) is 14.2. The molecule has 8 heteroatoms. The van der Waals surface area contributed by atoms with Gasteiger partial charge in [-0.1, -0.05) is 33.6 Å². The van der Waals surface area contributed by atoms with Crippen LogP contribution in [0.1, 0.15) is 143 Å². The van der Waals surface area contributed by atoms with Crippen molar-refractivity contribution in [2.24, 2.45) is 27.6 Å². The van der Waals surface area contributed by atoms with Gasteiger partial charge in [0.05, 0.1) is 63.0 Å². The molecule has 7 fully saturated rings. The molecular formula is C41H68O8. The van der Waals surface area contributed by atoms with Gasteiger partial charge in [0.15, 0.2) is 0 Å². The molecule has 8 nitrogen and oxygen atoms in total. The summed E-state index contributed by atoms with van der Waals surface area (Å²) in [6.07, 6.45) is 19.1. The number of rotatable bonds is 23. The van der Waals surface area contributed by atoms with E-state index in [-0.39, 0.29) is 16.6 Å². The Morgan fingerprint density at radius 1 is 0.633 bits per heavy atom. The SMILES string of the molecule is CCC1(CCCCOC(=C(C)C(=O)O)C23CC4CC(OCCCCC5(CC)COC5)(CC(OCCCCC5(CC)COC5)(C4)C2)C3)COC1. The van der Waals surface area contributed by atoms with Gasteiger partial charge in [0.2, 0.25) is 0 Å². The molecule has 3 saturated heterocycles. The van der Waals surface area contributed by atoms with Gasteiger partial charge in [0.25, 0.3) is 0 Å². The van der Waals surface area contributed by atoms with Crippen LogP contribution >= 0.6 is 0 Å². The fourth-order valence-electron chi connectivity index (χ4n) is 10.9. The van der Waals surface area contributed by atoms with E-state index in [2.05, 4.69) is 20.8 Å². The number of carboxylic acids is 1. The first kappa shape index (κ1) is 37.6. The molecule has 2 unspecified atom stereocenters. The van der Waals surface area contributed by atoms with Gasteiger partial charge in [-0.3, -0.25) is 0 Å². The van der Waals surface area contributed by atoms with E-state index >= 15 is 0 Å². The summed E-state index contributed by atoms with van der Waals surface area (Å²) < 4.78 is 37.4. The number of ether oxygens (including phenoxy) is 6. The summed E-state index contributed by atoms with van der Waals surface area (Å²) >= 11 is 0. The largest absolute Gasteiger partial charge is 0.497 e. The normalized spacial score (nSPS) is 33.7. The average molecular weight is 689 g/mol. The molecule has 49 heavy (non-hydrogen) atoms. The Labute approximate surface area is 296 Å². The summed E-state index contributed by atoms with van der Waals surface area (Å²) in [5.74, 6) is 0.291. The maximum Gasteiger partial charge on any atom is 0.334 e. The van der Waals surface area contributed by atoms with Crippen LogP contribution < -0.4 is 0 Å². The number of carboxylic acid groups (broad SMARTS) is 1. The Morgan fingerprint density at radius 3 is 1.43 bits per heavy atom. The van der Waals surface area contributed by atoms with E-state index in [9.17, 15) is 9.90 Å². The van der Waals surface area contributed by atoms with Crippen molar-refractivity contribution in [2.75, 3.05) is 59.5 Å². The molecule has 1 N–H and O–H groups in total. The van der Waals surface area contributed by atoms with Crippen LogP contribution in [0.25, 0.3) is 0 Å². The Bertz CT molecular complexity index is 1090. The monoisotopic (exact) mass is 688 g/mol. The molecule has 0 aromatic rings. The molecule has 7 aliphatic rings. The molecule has 3 heterocycles. The summed E-state index contributed by atoms with van der Waals surface area (Å²) in [5, 5.41) is 10.4. The first-order chi connectivity index (χ1) is 23.6. The van der Waals surface area contributed by atoms with Crippen LogP contribution in [0.4, 0.5) is 0 Å². The number of unbranched alkanes of at least 4 members (excludes halogenated alkanes) is 3. The van der Waals surface area contributed by atoms with Gasteiger partial charge in [-0.2, -0.15) is 0 Å². The third-order valence-corrected chi connectivity index (χ3v) is 14.2. The maximum absolute atomic E-state index is 12.6. The van der Waals surface area contributed by atoms with Gasteiger partial charge in [-0.25, -0.2) is 4.79 Å². The lowest BCUT2D eigenvalue weighted by Gasteiger charge is -2.66. The summed E-state index contributed by atoms with van der Waals surface area (Å²) in [5.41, 5.74) is 0.501. The van der Waals surface area contributed by atoms with Crippen LogP contribution in [0.2, 0.25) is 0 Å². The number of hydrogen-bond acceptors (Lipinski definition) is 7. The summed E-state index contributed by atoms with van der Waals surface area (Å²) in [7, 11) is 0. The van der Waals surface area contributed by atoms with Gasteiger partial charge in [-0.05, 0) is 109 Å². The van der Waals surface area contributed by atoms with Gasteiger partial charge in [0.1, 0.15) is 5.76 Å². The zero-order valence-corrected chi connectivity index (χ0v) is 31.5. The minimum absolute atomic E-state index is 0.290. The molecule has 0 spiro atoms. The number of aliphatic carboxylic acids is 1. The lowest BCUT2D eigenvalue weighted by Crippen LogP contribution is -2.65. The van der Waals surface area contributed by atoms with Crippen LogP contribution in [0.3, 0.4) is 0 Å². The Morgan fingerprint density at radius 2 is 1.06 bits per heavy atom. The molecule has 0 aromatic heterocycles. The van der Waals surface area contributed by atoms with E-state index in [0.717, 1.165) is 143 Å². The van der Waals surface area contributed by atoms with E-state index in [1.165, 1.54) is 25.7 Å². The van der Waals surface area contributed by atoms with Crippen LogP contribution in [0.15, 0.2) is 11.3 Å². The second-order valence-electron chi connectivity index (χ2n) is 17.9. The second kappa shape index (κ2) is 15.4. The zero-order chi connectivity index (χ0) is 34.6. The van der Waals surface area contributed by atoms with Crippen molar-refractivity contribution in [2.45, 2.75) is 154 Å². The highest BCUT2D eigenvalue weighted by molar-refractivity contribution is 5.86. The van der Waals surface area contributed by atoms with Gasteiger partial charge in [0, 0.05) is 41.3 Å². The van der Waals surface area contributed by atoms with E-state index in [0.29, 0.717) is 40.1 Å². The Kier molecular flexibility index (Phi) is 11.8. The zero-order valence-electron chi connectivity index (χ0n) is 31.5. The lowest BCUT2D eigenvalue weighted by atomic mass is 9.45. The Balaban J connectivity index is 1.13.